The molecule has 0 spiro atoms. The van der Waals surface area contributed by atoms with Gasteiger partial charge in [0, 0.05) is 37.9 Å². The van der Waals surface area contributed by atoms with E-state index in [0.29, 0.717) is 0 Å². The minimum atomic E-state index is -0.125. The first-order valence-electron chi connectivity index (χ1n) is 9.36. The van der Waals surface area contributed by atoms with E-state index < -0.39 is 0 Å². The van der Waals surface area contributed by atoms with E-state index in [1.165, 1.54) is 53.4 Å². The third kappa shape index (κ3) is 3.61. The molecule has 0 aromatic heterocycles. The van der Waals surface area contributed by atoms with Gasteiger partial charge in [-0.25, -0.2) is 0 Å². The van der Waals surface area contributed by atoms with Gasteiger partial charge in [0.1, 0.15) is 11.4 Å². The van der Waals surface area contributed by atoms with Gasteiger partial charge in [-0.3, -0.25) is 4.79 Å². The fraction of sp³-hybridized carbons (Fsp3) is 0.167. The smallest absolute Gasteiger partial charge is 0.494 e. The van der Waals surface area contributed by atoms with Crippen LogP contribution in [0.25, 0.3) is 10.8 Å². The van der Waals surface area contributed by atoms with E-state index in [9.17, 15) is 4.79 Å². The van der Waals surface area contributed by atoms with E-state index in [0.717, 1.165) is 5.69 Å². The van der Waals surface area contributed by atoms with Crippen LogP contribution in [0.3, 0.4) is 0 Å². The molecule has 5 nitrogen and oxygen atoms in total. The summed E-state index contributed by atoms with van der Waals surface area (Å²) in [5.74, 6) is -0.0625. The van der Waals surface area contributed by atoms with E-state index in [2.05, 4.69) is 77.1 Å². The molecule has 30 heavy (non-hydrogen) atoms. The first-order valence-corrected chi connectivity index (χ1v) is 9.36. The molecule has 1 N–H and O–H groups in total. The number of ketones is 1. The summed E-state index contributed by atoms with van der Waals surface area (Å²) in [5, 5.41) is 10.8. The molecule has 2 aliphatic rings. The van der Waals surface area contributed by atoms with Crippen LogP contribution in [0.5, 0.6) is 0 Å². The molecule has 0 aliphatic carbocycles. The maximum Gasteiger partial charge on any atom is 0.494 e. The van der Waals surface area contributed by atoms with Crippen molar-refractivity contribution in [3.8, 4) is 0 Å². The summed E-state index contributed by atoms with van der Waals surface area (Å²) in [6.07, 6.45) is 1.17. The fourth-order valence-corrected chi connectivity index (χ4v) is 3.81. The van der Waals surface area contributed by atoms with Gasteiger partial charge in [0.25, 0.3) is 5.69 Å². The predicted molar refractivity (Wildman–Crippen MR) is 117 cm³/mol. The van der Waals surface area contributed by atoms with E-state index in [-0.39, 0.29) is 31.6 Å². The van der Waals surface area contributed by atoms with Crippen LogP contribution < -0.4 is 9.48 Å². The summed E-state index contributed by atoms with van der Waals surface area (Å²) in [4.78, 5) is 12.3. The van der Waals surface area contributed by atoms with Crippen LogP contribution in [0.15, 0.2) is 60.4 Å². The third-order valence-electron chi connectivity index (χ3n) is 4.97. The number of aliphatic hydroxyl groups is 1. The molecule has 5 rings (SSSR count). The number of allylic oxidation sites excluding steroid dienone is 2. The molecule has 3 aromatic rings. The Balaban J connectivity index is 0.000000281. The first kappa shape index (κ1) is 21.7. The number of hydrogen-bond donors (Lipinski definition) is 1. The number of benzene rings is 3. The number of anilines is 2. The molecule has 0 saturated carbocycles. The second kappa shape index (κ2) is 8.37. The van der Waals surface area contributed by atoms with Gasteiger partial charge < -0.3 is 10.0 Å². The molecule has 1 radical (unpaired) electrons. The second-order valence-electron chi connectivity index (χ2n) is 7.17. The Morgan fingerprint density at radius 3 is 2.57 bits per heavy atom. The van der Waals surface area contributed by atoms with Crippen LogP contribution >= 0.6 is 0 Å². The molecular weight excluding hydrogens is 555 g/mol. The normalized spacial score (nSPS) is 13.3. The Labute approximate surface area is 189 Å². The van der Waals surface area contributed by atoms with Crippen LogP contribution in [0, 0.1) is 6.07 Å². The van der Waals surface area contributed by atoms with Gasteiger partial charge in [-0.15, -0.1) is 17.5 Å². The number of para-hydroxylation sites is 1. The summed E-state index contributed by atoms with van der Waals surface area (Å²) in [6.45, 7) is 2.85. The van der Waals surface area contributed by atoms with Gasteiger partial charge in [-0.2, -0.15) is 6.07 Å². The van der Waals surface area contributed by atoms with Crippen molar-refractivity contribution in [3.63, 3.8) is 0 Å². The largest absolute Gasteiger partial charge is 0.512 e. The quantitative estimate of drug-likeness (QED) is 0.191. The standard InChI is InChI=1S/C19H14N3.C5H8O2.Ir/c1-20-12-22-17-11-10-13-6-3-4-7-14(13)18(17)21(2)16-9-5-8-15(20)19(16)22;1-4(6)3-5(2)7;/h3-10H,1-2H3;3,6H,1-2H3;/q+1;;/b;4-3-;. The molecule has 0 bridgehead atoms. The predicted octanol–water partition coefficient (Wildman–Crippen LogP) is 5.05. The van der Waals surface area contributed by atoms with Crippen molar-refractivity contribution in [1.29, 1.82) is 0 Å². The van der Waals surface area contributed by atoms with Crippen molar-refractivity contribution in [3.05, 3.63) is 66.4 Å². The van der Waals surface area contributed by atoms with Crippen molar-refractivity contribution < 1.29 is 34.6 Å². The van der Waals surface area contributed by atoms with E-state index in [1.54, 1.807) is 0 Å². The van der Waals surface area contributed by atoms with Crippen LogP contribution in [-0.4, -0.2) is 35.6 Å². The van der Waals surface area contributed by atoms with Crippen molar-refractivity contribution in [2.24, 2.45) is 0 Å². The second-order valence-corrected chi connectivity index (χ2v) is 7.17. The maximum atomic E-state index is 10.0. The summed E-state index contributed by atoms with van der Waals surface area (Å²) in [6, 6.07) is 23.8. The summed E-state index contributed by atoms with van der Waals surface area (Å²) in [7, 11) is 4.17. The van der Waals surface area contributed by atoms with Gasteiger partial charge >= 0.3 is 11.7 Å². The van der Waals surface area contributed by atoms with Crippen molar-refractivity contribution in [1.82, 2.24) is 4.58 Å². The SMILES string of the molecule is CC(=O)/C=C(/C)O.CN1c2cccc3c2[N+](=C=[N+]3C)c2[c-]cc3ccccc3c21.[Ir]. The van der Waals surface area contributed by atoms with Crippen molar-refractivity contribution in [2.45, 2.75) is 13.8 Å². The minimum absolute atomic E-state index is 0. The average molecular weight is 577 g/mol. The van der Waals surface area contributed by atoms with Crippen LogP contribution in [0.2, 0.25) is 0 Å². The van der Waals surface area contributed by atoms with Crippen molar-refractivity contribution >= 4 is 51.0 Å². The molecule has 2 heterocycles. The molecule has 6 heteroatoms. The van der Waals surface area contributed by atoms with Gasteiger partial charge in [-0.1, -0.05) is 38.8 Å². The topological polar surface area (TPSA) is 46.6 Å². The molecule has 0 atom stereocenters. The first-order chi connectivity index (χ1) is 13.9. The number of rotatable bonds is 1. The monoisotopic (exact) mass is 577 g/mol. The number of carbonyl (C=O) groups excluding carboxylic acids is 1. The number of nitrogens with zero attached hydrogens (tertiary/aromatic N) is 3. The summed E-state index contributed by atoms with van der Waals surface area (Å²) >= 11 is 0. The number of carbonyl (C=O) groups is 1. The summed E-state index contributed by atoms with van der Waals surface area (Å²) < 4.78 is 4.18. The zero-order valence-corrected chi connectivity index (χ0v) is 19.6. The Morgan fingerprint density at radius 2 is 1.90 bits per heavy atom. The van der Waals surface area contributed by atoms with Crippen molar-refractivity contribution in [2.75, 3.05) is 19.0 Å². The molecule has 0 fully saturated rings. The Morgan fingerprint density at radius 1 is 1.17 bits per heavy atom. The molecule has 2 aliphatic heterocycles. The third-order valence-corrected chi connectivity index (χ3v) is 4.97. The van der Waals surface area contributed by atoms with Gasteiger partial charge in [-0.05, 0) is 27.0 Å². The Bertz CT molecular complexity index is 1270. The van der Waals surface area contributed by atoms with Crippen LogP contribution in [0.1, 0.15) is 13.8 Å². The van der Waals surface area contributed by atoms with Crippen LogP contribution in [-0.2, 0) is 24.9 Å². The molecule has 0 amide bonds. The minimum Gasteiger partial charge on any atom is -0.512 e. The average Bonchev–Trinajstić information content (AvgIpc) is 3.02. The number of aliphatic hydroxyl groups excluding tert-OH is 1. The summed E-state index contributed by atoms with van der Waals surface area (Å²) in [5.41, 5.74) is 5.81. The maximum absolute atomic E-state index is 10.0. The van der Waals surface area contributed by atoms with Gasteiger partial charge in [0.2, 0.25) is 0 Å². The Hall–Kier alpha value is -3.04. The van der Waals surface area contributed by atoms with Crippen LogP contribution in [0.4, 0.5) is 28.4 Å². The van der Waals surface area contributed by atoms with Gasteiger partial charge in [0.15, 0.2) is 12.8 Å². The molecule has 153 valence electrons. The number of fused-ring (bicyclic) bond motifs is 4. The zero-order chi connectivity index (χ0) is 20.7. The zero-order valence-electron chi connectivity index (χ0n) is 17.2. The Kier molecular flexibility index (Phi) is 6.04. The van der Waals surface area contributed by atoms with Gasteiger partial charge in [0.05, 0.1) is 5.76 Å². The number of hydrogen-bond acceptors (Lipinski definition) is 3. The molecule has 3 aromatic carbocycles. The molecular formula is C24H22IrN3O2+. The fourth-order valence-electron chi connectivity index (χ4n) is 3.81. The van der Waals surface area contributed by atoms with E-state index in [1.807, 2.05) is 11.6 Å². The van der Waals surface area contributed by atoms with E-state index in [4.69, 9.17) is 5.11 Å². The molecule has 0 unspecified atom stereocenters. The van der Waals surface area contributed by atoms with E-state index >= 15 is 0 Å². The molecule has 0 saturated heterocycles.